The maximum absolute atomic E-state index is 13.5. The van der Waals surface area contributed by atoms with Gasteiger partial charge in [-0.05, 0) is 79.0 Å². The number of ether oxygens (including phenoxy) is 2. The second kappa shape index (κ2) is 10.7. The Labute approximate surface area is 223 Å². The van der Waals surface area contributed by atoms with Crippen LogP contribution in [0.25, 0.3) is 6.08 Å². The Hall–Kier alpha value is -4.46. The van der Waals surface area contributed by atoms with Gasteiger partial charge in [0.05, 0.1) is 5.69 Å². The van der Waals surface area contributed by atoms with E-state index >= 15 is 0 Å². The normalized spacial score (nSPS) is 14.5. The van der Waals surface area contributed by atoms with Crippen LogP contribution in [0.15, 0.2) is 109 Å². The molecule has 4 aromatic rings. The molecule has 1 fully saturated rings. The van der Waals surface area contributed by atoms with Crippen LogP contribution >= 0.6 is 23.8 Å². The van der Waals surface area contributed by atoms with Crippen molar-refractivity contribution in [2.75, 3.05) is 4.90 Å². The van der Waals surface area contributed by atoms with Crippen LogP contribution < -0.4 is 19.7 Å². The fraction of sp³-hybridized carbons (Fsp3) is 0. The van der Waals surface area contributed by atoms with E-state index in [0.29, 0.717) is 39.3 Å². The smallest absolute Gasteiger partial charge is 0.270 e. The van der Waals surface area contributed by atoms with E-state index in [2.05, 4.69) is 5.32 Å². The number of rotatable bonds is 6. The topological polar surface area (TPSA) is 67.9 Å². The first-order chi connectivity index (χ1) is 18.0. The number of anilines is 1. The zero-order chi connectivity index (χ0) is 25.8. The summed E-state index contributed by atoms with van der Waals surface area (Å²) in [6, 6.07) is 30.2. The molecule has 1 heterocycles. The molecule has 1 N–H and O–H groups in total. The van der Waals surface area contributed by atoms with Crippen molar-refractivity contribution in [1.29, 1.82) is 0 Å². The molecule has 4 aromatic carbocycles. The van der Waals surface area contributed by atoms with Gasteiger partial charge in [0.15, 0.2) is 5.11 Å². The number of halogens is 1. The fourth-order valence-corrected chi connectivity index (χ4v) is 4.15. The summed E-state index contributed by atoms with van der Waals surface area (Å²) in [5.41, 5.74) is 0.950. The summed E-state index contributed by atoms with van der Waals surface area (Å²) in [5.74, 6) is 1.13. The summed E-state index contributed by atoms with van der Waals surface area (Å²) in [7, 11) is 0. The van der Waals surface area contributed by atoms with E-state index < -0.39 is 11.8 Å². The van der Waals surface area contributed by atoms with Crippen LogP contribution in [0.4, 0.5) is 5.69 Å². The Kier molecular flexibility index (Phi) is 6.98. The van der Waals surface area contributed by atoms with Crippen molar-refractivity contribution < 1.29 is 19.1 Å². The minimum absolute atomic E-state index is 0.00709. The van der Waals surface area contributed by atoms with Gasteiger partial charge in [-0.25, -0.2) is 0 Å². The van der Waals surface area contributed by atoms with Gasteiger partial charge in [-0.3, -0.25) is 19.8 Å². The van der Waals surface area contributed by atoms with Gasteiger partial charge in [-0.1, -0.05) is 54.1 Å². The van der Waals surface area contributed by atoms with Crippen LogP contribution in [0.1, 0.15) is 5.56 Å². The van der Waals surface area contributed by atoms with Gasteiger partial charge in [-0.2, -0.15) is 0 Å². The van der Waals surface area contributed by atoms with Gasteiger partial charge >= 0.3 is 0 Å². The van der Waals surface area contributed by atoms with Crippen molar-refractivity contribution in [3.8, 4) is 23.0 Å². The molecular formula is C29H19ClN2O4S. The molecule has 0 spiro atoms. The molecule has 0 aliphatic carbocycles. The quantitative estimate of drug-likeness (QED) is 0.171. The van der Waals surface area contributed by atoms with E-state index in [1.54, 1.807) is 72.8 Å². The Morgan fingerprint density at radius 2 is 1.43 bits per heavy atom. The van der Waals surface area contributed by atoms with Gasteiger partial charge < -0.3 is 9.47 Å². The first-order valence-corrected chi connectivity index (χ1v) is 12.0. The Bertz CT molecular complexity index is 1520. The second-order valence-corrected chi connectivity index (χ2v) is 8.79. The Morgan fingerprint density at radius 1 is 0.757 bits per heavy atom. The summed E-state index contributed by atoms with van der Waals surface area (Å²) in [4.78, 5) is 27.5. The van der Waals surface area contributed by atoms with Crippen molar-refractivity contribution in [2.45, 2.75) is 0 Å². The number of thiocarbonyl (C=S) groups is 1. The largest absolute Gasteiger partial charge is 0.457 e. The lowest BCUT2D eigenvalue weighted by Gasteiger charge is -2.29. The lowest BCUT2D eigenvalue weighted by atomic mass is 10.1. The first kappa shape index (κ1) is 24.2. The van der Waals surface area contributed by atoms with Crippen molar-refractivity contribution in [1.82, 2.24) is 5.32 Å². The van der Waals surface area contributed by atoms with Gasteiger partial charge in [0.1, 0.15) is 28.6 Å². The van der Waals surface area contributed by atoms with Crippen molar-refractivity contribution in [2.24, 2.45) is 0 Å². The van der Waals surface area contributed by atoms with Crippen molar-refractivity contribution >= 4 is 52.5 Å². The van der Waals surface area contributed by atoms with Gasteiger partial charge in [0.25, 0.3) is 11.8 Å². The third-order valence-electron chi connectivity index (χ3n) is 5.42. The summed E-state index contributed by atoms with van der Waals surface area (Å²) in [6.07, 6.45) is 1.49. The van der Waals surface area contributed by atoms with E-state index in [-0.39, 0.29) is 10.7 Å². The Morgan fingerprint density at radius 3 is 2.19 bits per heavy atom. The number of amides is 2. The predicted octanol–water partition coefficient (Wildman–Crippen LogP) is 6.76. The molecule has 5 rings (SSSR count). The molecule has 1 saturated heterocycles. The van der Waals surface area contributed by atoms with Gasteiger partial charge in [-0.15, -0.1) is 0 Å². The molecule has 0 radical (unpaired) electrons. The number of hydrogen-bond acceptors (Lipinski definition) is 5. The van der Waals surface area contributed by atoms with Crippen molar-refractivity contribution in [3.63, 3.8) is 0 Å². The molecular weight excluding hydrogens is 508 g/mol. The number of carbonyl (C=O) groups is 2. The lowest BCUT2D eigenvalue weighted by molar-refractivity contribution is -0.122. The molecule has 1 aliphatic rings. The number of para-hydroxylation sites is 2. The third kappa shape index (κ3) is 5.53. The average molecular weight is 527 g/mol. The molecule has 8 heteroatoms. The zero-order valence-corrected chi connectivity index (χ0v) is 20.8. The monoisotopic (exact) mass is 526 g/mol. The van der Waals surface area contributed by atoms with E-state index in [1.807, 2.05) is 30.3 Å². The number of benzene rings is 4. The third-order valence-corrected chi connectivity index (χ3v) is 5.94. The molecule has 0 saturated carbocycles. The number of nitrogens with one attached hydrogen (secondary N) is 1. The standard InChI is InChI=1S/C29H19ClN2O4S/c30-20-8-6-11-24(18-20)36-26-12-5-4-7-19(26)17-25-27(33)31-29(37)32(28(25)34)21-13-15-23(16-14-21)35-22-9-2-1-3-10-22/h1-18H,(H,31,33,37). The molecule has 0 atom stereocenters. The molecule has 37 heavy (non-hydrogen) atoms. The van der Waals surface area contributed by atoms with E-state index in [1.165, 1.54) is 11.0 Å². The van der Waals surface area contributed by atoms with Crippen LogP contribution in [-0.2, 0) is 9.59 Å². The highest BCUT2D eigenvalue weighted by Crippen LogP contribution is 2.31. The summed E-state index contributed by atoms with van der Waals surface area (Å²) in [5, 5.41) is 3.12. The summed E-state index contributed by atoms with van der Waals surface area (Å²) in [6.45, 7) is 0. The highest BCUT2D eigenvalue weighted by molar-refractivity contribution is 7.80. The molecule has 182 valence electrons. The molecule has 6 nitrogen and oxygen atoms in total. The number of hydrogen-bond donors (Lipinski definition) is 1. The highest BCUT2D eigenvalue weighted by Gasteiger charge is 2.34. The molecule has 0 bridgehead atoms. The fourth-order valence-electron chi connectivity index (χ4n) is 3.69. The predicted molar refractivity (Wildman–Crippen MR) is 147 cm³/mol. The molecule has 2 amide bonds. The number of carbonyl (C=O) groups excluding carboxylic acids is 2. The van der Waals surface area contributed by atoms with Crippen LogP contribution in [0.3, 0.4) is 0 Å². The Balaban J connectivity index is 1.42. The van der Waals surface area contributed by atoms with Gasteiger partial charge in [0.2, 0.25) is 0 Å². The maximum atomic E-state index is 13.5. The zero-order valence-electron chi connectivity index (χ0n) is 19.3. The van der Waals surface area contributed by atoms with Crippen molar-refractivity contribution in [3.05, 3.63) is 119 Å². The minimum atomic E-state index is -0.590. The van der Waals surface area contributed by atoms with Gasteiger partial charge in [0, 0.05) is 10.6 Å². The van der Waals surface area contributed by atoms with Crippen LogP contribution in [0.2, 0.25) is 5.02 Å². The summed E-state index contributed by atoms with van der Waals surface area (Å²) < 4.78 is 11.8. The van der Waals surface area contributed by atoms with E-state index in [4.69, 9.17) is 33.3 Å². The molecule has 1 aliphatic heterocycles. The summed E-state index contributed by atoms with van der Waals surface area (Å²) >= 11 is 11.4. The van der Waals surface area contributed by atoms with E-state index in [0.717, 1.165) is 0 Å². The first-order valence-electron chi connectivity index (χ1n) is 11.2. The SMILES string of the molecule is O=C1NC(=S)N(c2ccc(Oc3ccccc3)cc2)C(=O)C1=Cc1ccccc1Oc1cccc(Cl)c1. The van der Waals surface area contributed by atoms with Crippen LogP contribution in [0.5, 0.6) is 23.0 Å². The van der Waals surface area contributed by atoms with E-state index in [9.17, 15) is 9.59 Å². The van der Waals surface area contributed by atoms with Crippen LogP contribution in [0, 0.1) is 0 Å². The molecule has 0 unspecified atom stereocenters. The maximum Gasteiger partial charge on any atom is 0.270 e. The highest BCUT2D eigenvalue weighted by atomic mass is 35.5. The minimum Gasteiger partial charge on any atom is -0.457 e. The number of nitrogens with zero attached hydrogens (tertiary/aromatic N) is 1. The molecule has 0 aromatic heterocycles. The average Bonchev–Trinajstić information content (AvgIpc) is 2.89. The second-order valence-electron chi connectivity index (χ2n) is 7.96. The lowest BCUT2D eigenvalue weighted by Crippen LogP contribution is -2.54. The van der Waals surface area contributed by atoms with Crippen LogP contribution in [-0.4, -0.2) is 16.9 Å².